The summed E-state index contributed by atoms with van der Waals surface area (Å²) in [5.74, 6) is 2.85. The topological polar surface area (TPSA) is 36.8 Å². The highest BCUT2D eigenvalue weighted by Crippen LogP contribution is 2.60. The molecule has 0 atom stereocenters. The molecule has 4 nitrogen and oxygen atoms in total. The molecule has 5 aliphatic rings. The van der Waals surface area contributed by atoms with Crippen LogP contribution >= 0.6 is 0 Å². The van der Waals surface area contributed by atoms with E-state index in [1.54, 1.807) is 4.90 Å². The van der Waals surface area contributed by atoms with Crippen molar-refractivity contribution in [1.29, 1.82) is 0 Å². The van der Waals surface area contributed by atoms with Crippen LogP contribution in [-0.4, -0.2) is 37.1 Å². The van der Waals surface area contributed by atoms with Crippen molar-refractivity contribution in [3.8, 4) is 0 Å². The zero-order chi connectivity index (χ0) is 17.6. The first-order valence-electron chi connectivity index (χ1n) is 10.6. The minimum atomic E-state index is -0.0250. The molecule has 1 aromatic carbocycles. The second-order valence-corrected chi connectivity index (χ2v) is 9.54. The molecular weight excluding hydrogens is 358 g/mol. The predicted molar refractivity (Wildman–Crippen MR) is 101 cm³/mol. The Balaban J connectivity index is 0.00000180. The van der Waals surface area contributed by atoms with E-state index in [-0.39, 0.29) is 17.8 Å². The molecule has 0 unspecified atom stereocenters. The predicted octanol–water partition coefficient (Wildman–Crippen LogP) is -1.36. The summed E-state index contributed by atoms with van der Waals surface area (Å²) >= 11 is 0. The minimum Gasteiger partial charge on any atom is -1.00 e. The molecule has 4 aliphatic carbocycles. The molecule has 1 amide bonds. The number of rotatable bonds is 4. The lowest BCUT2D eigenvalue weighted by Gasteiger charge is -2.56. The number of hydrogen-bond donors (Lipinski definition) is 2. The number of carbonyl (C=O) groups is 1. The monoisotopic (exact) mass is 389 g/mol. The Kier molecular flexibility index (Phi) is 5.50. The third-order valence-corrected chi connectivity index (χ3v) is 7.55. The number of nitrogens with zero attached hydrogens (tertiary/aromatic N) is 1. The van der Waals surface area contributed by atoms with E-state index in [1.807, 2.05) is 0 Å². The molecule has 0 aromatic heterocycles. The van der Waals surface area contributed by atoms with Crippen LogP contribution in [0.2, 0.25) is 0 Å². The fourth-order valence-electron chi connectivity index (χ4n) is 6.65. The van der Waals surface area contributed by atoms with E-state index in [1.165, 1.54) is 24.8 Å². The van der Waals surface area contributed by atoms with Gasteiger partial charge in [-0.15, -0.1) is 0 Å². The Hall–Kier alpha value is -1.10. The van der Waals surface area contributed by atoms with E-state index >= 15 is 0 Å². The van der Waals surface area contributed by atoms with Crippen molar-refractivity contribution in [1.82, 2.24) is 10.4 Å². The van der Waals surface area contributed by atoms with Crippen molar-refractivity contribution in [2.75, 3.05) is 26.2 Å². The molecule has 0 spiro atoms. The molecule has 1 aliphatic heterocycles. The summed E-state index contributed by atoms with van der Waals surface area (Å²) in [6.07, 6.45) is 7.66. The van der Waals surface area contributed by atoms with Gasteiger partial charge in [-0.3, -0.25) is 10.2 Å². The smallest absolute Gasteiger partial charge is 0.240 e. The average molecular weight is 390 g/mol. The van der Waals surface area contributed by atoms with Gasteiger partial charge in [0.25, 0.3) is 0 Å². The number of halogens is 1. The summed E-state index contributed by atoms with van der Waals surface area (Å²) in [7, 11) is 0. The van der Waals surface area contributed by atoms with Crippen LogP contribution in [-0.2, 0) is 11.3 Å². The molecule has 1 heterocycles. The Labute approximate surface area is 169 Å². The molecule has 5 heteroatoms. The Morgan fingerprint density at radius 3 is 2.11 bits per heavy atom. The zero-order valence-electron chi connectivity index (χ0n) is 16.1. The highest BCUT2D eigenvalue weighted by Gasteiger charge is 2.54. The van der Waals surface area contributed by atoms with Gasteiger partial charge in [0.2, 0.25) is 5.91 Å². The number of carbonyl (C=O) groups excluding carboxylic acids is 1. The molecule has 0 radical (unpaired) electrons. The summed E-state index contributed by atoms with van der Waals surface area (Å²) in [5.41, 5.74) is 4.73. The number of hydrogen-bond acceptors (Lipinski definition) is 2. The summed E-state index contributed by atoms with van der Waals surface area (Å²) < 4.78 is 0. The summed E-state index contributed by atoms with van der Waals surface area (Å²) in [6.45, 7) is 5.25. The van der Waals surface area contributed by atoms with Crippen LogP contribution in [0.25, 0.3) is 0 Å². The average Bonchev–Trinajstić information content (AvgIpc) is 2.63. The highest BCUT2D eigenvalue weighted by molar-refractivity contribution is 5.82. The van der Waals surface area contributed by atoms with E-state index in [0.717, 1.165) is 69.7 Å². The summed E-state index contributed by atoms with van der Waals surface area (Å²) in [5, 5.41) is 2.20. The van der Waals surface area contributed by atoms with Gasteiger partial charge in [-0.1, -0.05) is 30.3 Å². The van der Waals surface area contributed by atoms with E-state index in [9.17, 15) is 4.79 Å². The fraction of sp³-hybridized carbons (Fsp3) is 0.682. The molecule has 6 rings (SSSR count). The number of benzene rings is 1. The lowest BCUT2D eigenvalue weighted by molar-refractivity contribution is -0.918. The maximum absolute atomic E-state index is 13.2. The van der Waals surface area contributed by atoms with Gasteiger partial charge in [0.15, 0.2) is 0 Å². The molecule has 5 fully saturated rings. The Bertz CT molecular complexity index is 621. The van der Waals surface area contributed by atoms with E-state index in [4.69, 9.17) is 0 Å². The van der Waals surface area contributed by atoms with Gasteiger partial charge >= 0.3 is 0 Å². The van der Waals surface area contributed by atoms with Crippen LogP contribution in [0.1, 0.15) is 44.1 Å². The maximum atomic E-state index is 13.2. The second kappa shape index (κ2) is 7.73. The number of quaternary nitrogens is 1. The van der Waals surface area contributed by atoms with Gasteiger partial charge in [0.05, 0.1) is 31.6 Å². The van der Waals surface area contributed by atoms with Crippen LogP contribution in [0.5, 0.6) is 0 Å². The van der Waals surface area contributed by atoms with Gasteiger partial charge in [0, 0.05) is 5.56 Å². The minimum absolute atomic E-state index is 0. The lowest BCUT2D eigenvalue weighted by Crippen LogP contribution is -3.13. The molecule has 4 bridgehead atoms. The largest absolute Gasteiger partial charge is 1.00 e. The van der Waals surface area contributed by atoms with Crippen molar-refractivity contribution in [2.24, 2.45) is 23.2 Å². The molecule has 4 saturated carbocycles. The fourth-order valence-corrected chi connectivity index (χ4v) is 6.65. The zero-order valence-corrected chi connectivity index (χ0v) is 16.9. The molecule has 27 heavy (non-hydrogen) atoms. The van der Waals surface area contributed by atoms with Crippen LogP contribution in [0.15, 0.2) is 30.3 Å². The van der Waals surface area contributed by atoms with Crippen LogP contribution in [0.4, 0.5) is 0 Å². The second-order valence-electron chi connectivity index (χ2n) is 9.54. The highest BCUT2D eigenvalue weighted by atomic mass is 35.5. The molecule has 2 N–H and O–H groups in total. The SMILES string of the molecule is O=C(NN1CC[NH+](Cc2ccccc2)CC1)C12CC3CC(CC(C3)C1)C2.[Cl-]. The third kappa shape index (κ3) is 3.90. The molecule has 1 saturated heterocycles. The lowest BCUT2D eigenvalue weighted by atomic mass is 9.49. The maximum Gasteiger partial charge on any atom is 0.240 e. The van der Waals surface area contributed by atoms with Crippen LogP contribution in [0.3, 0.4) is 0 Å². The first-order valence-corrected chi connectivity index (χ1v) is 10.6. The number of nitrogens with one attached hydrogen (secondary N) is 2. The Morgan fingerprint density at radius 2 is 1.56 bits per heavy atom. The van der Waals surface area contributed by atoms with Crippen molar-refractivity contribution < 1.29 is 22.1 Å². The van der Waals surface area contributed by atoms with Crippen LogP contribution in [0, 0.1) is 23.2 Å². The third-order valence-electron chi connectivity index (χ3n) is 7.55. The van der Waals surface area contributed by atoms with Crippen LogP contribution < -0.4 is 22.7 Å². The summed E-state index contributed by atoms with van der Waals surface area (Å²) in [4.78, 5) is 14.8. The van der Waals surface area contributed by atoms with Crippen molar-refractivity contribution in [2.45, 2.75) is 45.1 Å². The van der Waals surface area contributed by atoms with Gasteiger partial charge in [-0.05, 0) is 56.3 Å². The molecule has 148 valence electrons. The van der Waals surface area contributed by atoms with Gasteiger partial charge in [-0.2, -0.15) is 0 Å². The van der Waals surface area contributed by atoms with Crippen molar-refractivity contribution in [3.05, 3.63) is 35.9 Å². The normalized spacial score (nSPS) is 35.6. The van der Waals surface area contributed by atoms with Crippen molar-refractivity contribution >= 4 is 5.91 Å². The first kappa shape index (κ1) is 19.2. The summed E-state index contributed by atoms with van der Waals surface area (Å²) in [6, 6.07) is 10.8. The van der Waals surface area contributed by atoms with Gasteiger partial charge in [-0.25, -0.2) is 5.01 Å². The standard InChI is InChI=1S/C22H31N3O.ClH/c26-21(22-13-18-10-19(14-22)12-20(11-18)15-22)23-25-8-6-24(7-9-25)16-17-4-2-1-3-5-17;/h1-5,18-20H,6-16H2,(H,23,26);1H. The first-order chi connectivity index (χ1) is 12.7. The molecule has 1 aromatic rings. The van der Waals surface area contributed by atoms with Crippen molar-refractivity contribution in [3.63, 3.8) is 0 Å². The number of hydrazine groups is 1. The quantitative estimate of drug-likeness (QED) is 0.667. The van der Waals surface area contributed by atoms with E-state index in [0.29, 0.717) is 5.91 Å². The van der Waals surface area contributed by atoms with E-state index < -0.39 is 0 Å². The van der Waals surface area contributed by atoms with Gasteiger partial charge in [0.1, 0.15) is 6.54 Å². The molecular formula is C22H32ClN3O. The van der Waals surface area contributed by atoms with E-state index in [2.05, 4.69) is 40.8 Å². The Morgan fingerprint density at radius 1 is 1.00 bits per heavy atom. The van der Waals surface area contributed by atoms with Gasteiger partial charge < -0.3 is 17.3 Å². The number of piperazine rings is 1. The number of amides is 1.